The first-order chi connectivity index (χ1) is 28.5. The van der Waals surface area contributed by atoms with Gasteiger partial charge in [-0.3, -0.25) is 9.55 Å². The van der Waals surface area contributed by atoms with Crippen LogP contribution in [-0.2, 0) is 0 Å². The highest BCUT2D eigenvalue weighted by Gasteiger charge is 2.22. The molecule has 0 atom stereocenters. The fourth-order valence-electron chi connectivity index (χ4n) is 7.92. The Morgan fingerprint density at radius 1 is 0.741 bits per heavy atom. The van der Waals surface area contributed by atoms with Crippen LogP contribution in [0.1, 0.15) is 31.4 Å². The van der Waals surface area contributed by atoms with Crippen molar-refractivity contribution in [3.05, 3.63) is 218 Å². The molecule has 0 saturated heterocycles. The second kappa shape index (κ2) is 16.8. The summed E-state index contributed by atoms with van der Waals surface area (Å²) in [6, 6.07) is 47.1. The van der Waals surface area contributed by atoms with Gasteiger partial charge in [0, 0.05) is 46.5 Å². The maximum Gasteiger partial charge on any atom is 0.145 e. The Bertz CT molecular complexity index is 2920. The summed E-state index contributed by atoms with van der Waals surface area (Å²) >= 11 is 0. The number of hydrogen-bond donors (Lipinski definition) is 0. The van der Waals surface area contributed by atoms with E-state index >= 15 is 0 Å². The van der Waals surface area contributed by atoms with Crippen molar-refractivity contribution in [2.75, 3.05) is 4.90 Å². The summed E-state index contributed by atoms with van der Waals surface area (Å²) in [6.45, 7) is 14.9. The Hall–Kier alpha value is -7.30. The fourth-order valence-corrected chi connectivity index (χ4v) is 7.92. The average molecular weight is 751 g/mol. The van der Waals surface area contributed by atoms with Crippen molar-refractivity contribution in [1.29, 1.82) is 0 Å². The second-order valence-electron chi connectivity index (χ2n) is 14.4. The summed E-state index contributed by atoms with van der Waals surface area (Å²) in [5, 5.41) is 4.49. The number of hydrogen-bond acceptors (Lipinski definition) is 3. The normalized spacial score (nSPS) is 12.2. The van der Waals surface area contributed by atoms with Crippen molar-refractivity contribution >= 4 is 49.5 Å². The van der Waals surface area contributed by atoms with Gasteiger partial charge in [-0.15, -0.1) is 0 Å². The standard InChI is InChI=1S/C54H46N4/c1-6-8-10-13-24-40(5)57(50-29-18-16-22-38(50)3)42-31-34-45-46(36-42)52(39(4)23-12-9-7-2)44-33-32-43(37-47(44)53(45)49-28-20-21-35-55-49)58-51-30-19-17-27-48(51)56-54(58)41-25-14-11-15-26-41/h6-23,25-37H,2,5,24H2,1,3-4H3/b8-6-,12-9-,13-10-,39-23+. The zero-order chi connectivity index (χ0) is 40.0. The van der Waals surface area contributed by atoms with Gasteiger partial charge in [0.1, 0.15) is 5.82 Å². The van der Waals surface area contributed by atoms with Crippen LogP contribution in [0.25, 0.3) is 66.5 Å². The van der Waals surface area contributed by atoms with Crippen LogP contribution in [0, 0.1) is 6.92 Å². The van der Waals surface area contributed by atoms with Gasteiger partial charge in [0.2, 0.25) is 0 Å². The molecule has 0 aliphatic rings. The topological polar surface area (TPSA) is 34.0 Å². The minimum absolute atomic E-state index is 0.697. The van der Waals surface area contributed by atoms with E-state index in [0.717, 1.165) is 89.1 Å². The zero-order valence-electron chi connectivity index (χ0n) is 33.3. The number of aryl methyl sites for hydroxylation is 1. The molecule has 2 heterocycles. The number of pyridine rings is 1. The van der Waals surface area contributed by atoms with Crippen LogP contribution in [0.2, 0.25) is 0 Å². The predicted molar refractivity (Wildman–Crippen MR) is 249 cm³/mol. The lowest BCUT2D eigenvalue weighted by molar-refractivity contribution is 1.08. The molecule has 0 unspecified atom stereocenters. The van der Waals surface area contributed by atoms with E-state index in [9.17, 15) is 0 Å². The first-order valence-corrected chi connectivity index (χ1v) is 19.7. The van der Waals surface area contributed by atoms with E-state index < -0.39 is 0 Å². The van der Waals surface area contributed by atoms with Gasteiger partial charge in [0.05, 0.1) is 16.7 Å². The molecule has 0 saturated carbocycles. The molecule has 0 spiro atoms. The van der Waals surface area contributed by atoms with E-state index in [0.29, 0.717) is 6.42 Å². The van der Waals surface area contributed by atoms with Crippen molar-refractivity contribution in [2.24, 2.45) is 0 Å². The SMILES string of the molecule is C=C/C=C\C=C(/C)c1c2cc(N(C(=C)C/C=C\C=C/C)c3ccccc3C)ccc2c(-c2ccccn2)c2cc(-n3c(-c4ccccc4)nc4ccccc43)ccc12. The number of benzene rings is 6. The van der Waals surface area contributed by atoms with Gasteiger partial charge < -0.3 is 4.90 Å². The summed E-state index contributed by atoms with van der Waals surface area (Å²) in [7, 11) is 0. The number of rotatable bonds is 12. The minimum Gasteiger partial charge on any atom is -0.314 e. The van der Waals surface area contributed by atoms with Crippen LogP contribution in [0.5, 0.6) is 0 Å². The molecule has 58 heavy (non-hydrogen) atoms. The molecule has 0 N–H and O–H groups in total. The molecule has 6 aromatic carbocycles. The van der Waals surface area contributed by atoms with Gasteiger partial charge in [-0.25, -0.2) is 4.98 Å². The molecule has 0 fully saturated rings. The average Bonchev–Trinajstić information content (AvgIpc) is 3.65. The molecule has 4 nitrogen and oxygen atoms in total. The molecular weight excluding hydrogens is 705 g/mol. The molecule has 0 aliphatic carbocycles. The van der Waals surface area contributed by atoms with E-state index in [2.05, 4.69) is 182 Å². The first-order valence-electron chi connectivity index (χ1n) is 19.7. The quantitative estimate of drug-likeness (QED) is 0.0921. The summed E-state index contributed by atoms with van der Waals surface area (Å²) < 4.78 is 2.28. The predicted octanol–water partition coefficient (Wildman–Crippen LogP) is 14.7. The van der Waals surface area contributed by atoms with Crippen LogP contribution in [0.15, 0.2) is 207 Å². The summed E-state index contributed by atoms with van der Waals surface area (Å²) in [4.78, 5) is 12.5. The highest BCUT2D eigenvalue weighted by atomic mass is 15.1. The monoisotopic (exact) mass is 750 g/mol. The lowest BCUT2D eigenvalue weighted by Crippen LogP contribution is -2.16. The largest absolute Gasteiger partial charge is 0.314 e. The third-order valence-electron chi connectivity index (χ3n) is 10.6. The zero-order valence-corrected chi connectivity index (χ0v) is 33.3. The number of aromatic nitrogens is 3. The van der Waals surface area contributed by atoms with E-state index in [-0.39, 0.29) is 0 Å². The highest BCUT2D eigenvalue weighted by Crippen LogP contribution is 2.45. The van der Waals surface area contributed by atoms with Crippen LogP contribution < -0.4 is 4.90 Å². The Morgan fingerprint density at radius 2 is 1.52 bits per heavy atom. The van der Waals surface area contributed by atoms with Crippen molar-refractivity contribution in [1.82, 2.24) is 14.5 Å². The third-order valence-corrected chi connectivity index (χ3v) is 10.6. The summed E-state index contributed by atoms with van der Waals surface area (Å²) in [6.07, 6.45) is 18.9. The van der Waals surface area contributed by atoms with E-state index in [1.165, 1.54) is 5.56 Å². The van der Waals surface area contributed by atoms with Crippen LogP contribution in [0.3, 0.4) is 0 Å². The number of allylic oxidation sites excluding steroid dienone is 9. The van der Waals surface area contributed by atoms with Crippen LogP contribution in [0.4, 0.5) is 11.4 Å². The minimum atomic E-state index is 0.697. The molecule has 0 amide bonds. The van der Waals surface area contributed by atoms with Gasteiger partial charge in [-0.1, -0.05) is 141 Å². The van der Waals surface area contributed by atoms with Crippen molar-refractivity contribution in [3.63, 3.8) is 0 Å². The molecule has 8 aromatic rings. The van der Waals surface area contributed by atoms with Gasteiger partial charge in [0.15, 0.2) is 0 Å². The van der Waals surface area contributed by atoms with Gasteiger partial charge in [-0.05, 0) is 114 Å². The Morgan fingerprint density at radius 3 is 2.31 bits per heavy atom. The maximum atomic E-state index is 5.16. The molecular formula is C54H46N4. The van der Waals surface area contributed by atoms with Crippen molar-refractivity contribution in [3.8, 4) is 28.3 Å². The molecule has 8 rings (SSSR count). The number of anilines is 2. The van der Waals surface area contributed by atoms with Crippen molar-refractivity contribution < 1.29 is 0 Å². The number of imidazole rings is 1. The Labute approximate surface area is 341 Å². The number of nitrogens with zero attached hydrogens (tertiary/aromatic N) is 4. The molecule has 0 radical (unpaired) electrons. The van der Waals surface area contributed by atoms with E-state index in [4.69, 9.17) is 9.97 Å². The van der Waals surface area contributed by atoms with Gasteiger partial charge in [-0.2, -0.15) is 0 Å². The molecule has 282 valence electrons. The smallest absolute Gasteiger partial charge is 0.145 e. The third kappa shape index (κ3) is 7.24. The molecule has 2 aromatic heterocycles. The second-order valence-corrected chi connectivity index (χ2v) is 14.4. The molecule has 0 bridgehead atoms. The number of para-hydroxylation sites is 3. The summed E-state index contributed by atoms with van der Waals surface area (Å²) in [5.74, 6) is 0.897. The van der Waals surface area contributed by atoms with Crippen LogP contribution >= 0.6 is 0 Å². The van der Waals surface area contributed by atoms with Crippen molar-refractivity contribution in [2.45, 2.75) is 27.2 Å². The van der Waals surface area contributed by atoms with Crippen LogP contribution in [-0.4, -0.2) is 14.5 Å². The van der Waals surface area contributed by atoms with E-state index in [1.807, 2.05) is 49.5 Å². The Balaban J connectivity index is 1.45. The first kappa shape index (κ1) is 37.6. The van der Waals surface area contributed by atoms with Gasteiger partial charge >= 0.3 is 0 Å². The molecule has 4 heteroatoms. The lowest BCUT2D eigenvalue weighted by atomic mass is 9.86. The summed E-state index contributed by atoms with van der Waals surface area (Å²) in [5.41, 5.74) is 12.7. The highest BCUT2D eigenvalue weighted by molar-refractivity contribution is 6.19. The molecule has 0 aliphatic heterocycles. The number of fused-ring (bicyclic) bond motifs is 3. The fraction of sp³-hybridized carbons (Fsp3) is 0.0741. The van der Waals surface area contributed by atoms with Gasteiger partial charge in [0.25, 0.3) is 0 Å². The Kier molecular flexibility index (Phi) is 10.9. The lowest BCUT2D eigenvalue weighted by Gasteiger charge is -2.29. The maximum absolute atomic E-state index is 5.16. The van der Waals surface area contributed by atoms with E-state index in [1.54, 1.807) is 0 Å².